The summed E-state index contributed by atoms with van der Waals surface area (Å²) < 4.78 is 1.97. The van der Waals surface area contributed by atoms with E-state index in [1.807, 2.05) is 28.8 Å². The third-order valence-electron chi connectivity index (χ3n) is 6.54. The molecule has 3 aromatic carbocycles. The first-order chi connectivity index (χ1) is 18.7. The molecule has 0 aliphatic rings. The normalized spacial score (nSPS) is 10.5. The van der Waals surface area contributed by atoms with Gasteiger partial charge in [-0.25, -0.2) is 14.4 Å². The third kappa shape index (κ3) is 6.40. The van der Waals surface area contributed by atoms with E-state index in [1.165, 1.54) is 47.4 Å². The molecule has 0 aliphatic carbocycles. The average Bonchev–Trinajstić information content (AvgIpc) is 3.35. The highest BCUT2D eigenvalue weighted by Gasteiger charge is 2.13. The number of aryl methyl sites for hydroxylation is 2. The van der Waals surface area contributed by atoms with E-state index in [4.69, 9.17) is 10.2 Å². The Labute approximate surface area is 225 Å². The number of pyridine rings is 1. The number of aromatic nitrogens is 1. The molecule has 0 unspecified atom stereocenters. The maximum atomic E-state index is 11.2. The Morgan fingerprint density at radius 2 is 1.23 bits per heavy atom. The highest BCUT2D eigenvalue weighted by Crippen LogP contribution is 2.21. The minimum Gasteiger partial charge on any atom is -0.478 e. The molecule has 3 N–H and O–H groups in total. The number of benzene rings is 3. The van der Waals surface area contributed by atoms with Crippen molar-refractivity contribution in [3.8, 4) is 11.1 Å². The van der Waals surface area contributed by atoms with E-state index in [2.05, 4.69) is 42.5 Å². The van der Waals surface area contributed by atoms with Crippen LogP contribution in [0, 0.1) is 6.92 Å². The average molecular weight is 522 g/mol. The van der Waals surface area contributed by atoms with Crippen molar-refractivity contribution in [3.63, 3.8) is 0 Å². The fraction of sp³-hybridized carbons (Fsp3) is 0.0938. The molecular weight excluding hydrogens is 494 g/mol. The van der Waals surface area contributed by atoms with E-state index in [-0.39, 0.29) is 16.7 Å². The number of carboxylic acids is 3. The molecule has 0 aliphatic heterocycles. The molecule has 0 radical (unpaired) electrons. The minimum atomic E-state index is -1.11. The van der Waals surface area contributed by atoms with Crippen LogP contribution < -0.4 is 0 Å². The van der Waals surface area contributed by atoms with Crippen LogP contribution in [-0.4, -0.2) is 37.6 Å². The van der Waals surface area contributed by atoms with Gasteiger partial charge in [0.2, 0.25) is 0 Å². The largest absolute Gasteiger partial charge is 0.478 e. The van der Waals surface area contributed by atoms with Crippen LogP contribution in [0.2, 0.25) is 0 Å². The van der Waals surface area contributed by atoms with Crippen molar-refractivity contribution in [1.29, 1.82) is 0 Å². The predicted octanol–water partition coefficient (Wildman–Crippen LogP) is 6.48. The zero-order valence-corrected chi connectivity index (χ0v) is 21.2. The Bertz CT molecular complexity index is 1600. The molecule has 7 nitrogen and oxygen atoms in total. The summed E-state index contributed by atoms with van der Waals surface area (Å²) in [6.45, 7) is 1.48. The van der Waals surface area contributed by atoms with Crippen molar-refractivity contribution in [2.45, 2.75) is 19.8 Å². The van der Waals surface area contributed by atoms with Crippen LogP contribution in [0.1, 0.15) is 47.8 Å². The monoisotopic (exact) mass is 521 g/mol. The Kier molecular flexibility index (Phi) is 8.21. The van der Waals surface area contributed by atoms with Crippen LogP contribution in [0.3, 0.4) is 0 Å². The number of fused-ring (bicyclic) bond motifs is 1. The van der Waals surface area contributed by atoms with Gasteiger partial charge in [0.1, 0.15) is 0 Å². The smallest absolute Gasteiger partial charge is 0.335 e. The Hall–Kier alpha value is -5.17. The van der Waals surface area contributed by atoms with Gasteiger partial charge in [0, 0.05) is 17.9 Å². The Morgan fingerprint density at radius 3 is 1.82 bits per heavy atom. The van der Waals surface area contributed by atoms with Crippen molar-refractivity contribution < 1.29 is 29.7 Å². The zero-order valence-electron chi connectivity index (χ0n) is 21.2. The number of nitrogens with zero attached hydrogens (tertiary/aromatic N) is 1. The van der Waals surface area contributed by atoms with Crippen molar-refractivity contribution in [3.05, 3.63) is 137 Å². The van der Waals surface area contributed by atoms with Crippen molar-refractivity contribution in [2.75, 3.05) is 0 Å². The maximum absolute atomic E-state index is 11.2. The fourth-order valence-electron chi connectivity index (χ4n) is 4.37. The van der Waals surface area contributed by atoms with E-state index in [1.54, 1.807) is 18.3 Å². The van der Waals surface area contributed by atoms with Gasteiger partial charge in [-0.15, -0.1) is 0 Å². The lowest BCUT2D eigenvalue weighted by Gasteiger charge is -2.05. The molecule has 0 bridgehead atoms. The number of hydrogen-bond acceptors (Lipinski definition) is 3. The first-order valence-corrected chi connectivity index (χ1v) is 12.3. The van der Waals surface area contributed by atoms with E-state index < -0.39 is 17.9 Å². The molecule has 7 heteroatoms. The van der Waals surface area contributed by atoms with Gasteiger partial charge >= 0.3 is 17.9 Å². The molecule has 0 saturated carbocycles. The molecule has 196 valence electrons. The molecule has 0 atom stereocenters. The van der Waals surface area contributed by atoms with Crippen LogP contribution in [0.15, 0.2) is 103 Å². The van der Waals surface area contributed by atoms with Crippen LogP contribution in [0.25, 0.3) is 16.6 Å². The standard InChI is InChI=1S/C23H19NO2.C9H8O4/c25-23(26)21-13-15-24-14-12-20(22(24)16-21)11-8-17-6-9-19(10-7-17)18-4-2-1-3-5-18;1-5-6(8(10)11)3-2-4-7(5)9(12)13/h1-7,9-10,12-16H,8,11H2,(H,25,26);2-4H,1H3,(H,10,11)(H,12,13). The van der Waals surface area contributed by atoms with E-state index in [9.17, 15) is 19.5 Å². The first-order valence-electron chi connectivity index (χ1n) is 12.3. The second-order valence-corrected chi connectivity index (χ2v) is 9.01. The van der Waals surface area contributed by atoms with Crippen molar-refractivity contribution >= 4 is 23.4 Å². The summed E-state index contributed by atoms with van der Waals surface area (Å²) in [6.07, 6.45) is 5.59. The molecule has 5 aromatic rings. The summed E-state index contributed by atoms with van der Waals surface area (Å²) in [7, 11) is 0. The van der Waals surface area contributed by atoms with Gasteiger partial charge in [0.05, 0.1) is 16.7 Å². The van der Waals surface area contributed by atoms with Crippen molar-refractivity contribution in [1.82, 2.24) is 4.40 Å². The summed E-state index contributed by atoms with van der Waals surface area (Å²) in [5.41, 5.74) is 6.50. The highest BCUT2D eigenvalue weighted by molar-refractivity contribution is 5.96. The number of hydrogen-bond donors (Lipinski definition) is 3. The summed E-state index contributed by atoms with van der Waals surface area (Å²) in [5, 5.41) is 26.5. The molecule has 5 rings (SSSR count). The lowest BCUT2D eigenvalue weighted by molar-refractivity contribution is 0.0681. The minimum absolute atomic E-state index is 0.0277. The van der Waals surface area contributed by atoms with E-state index >= 15 is 0 Å². The van der Waals surface area contributed by atoms with Crippen LogP contribution in [0.4, 0.5) is 0 Å². The summed E-state index contributed by atoms with van der Waals surface area (Å²) >= 11 is 0. The highest BCUT2D eigenvalue weighted by atomic mass is 16.4. The number of carboxylic acid groups (broad SMARTS) is 3. The van der Waals surface area contributed by atoms with Gasteiger partial charge < -0.3 is 19.7 Å². The topological polar surface area (TPSA) is 116 Å². The molecular formula is C32H27NO6. The van der Waals surface area contributed by atoms with Gasteiger partial charge in [-0.05, 0) is 77.9 Å². The van der Waals surface area contributed by atoms with Crippen molar-refractivity contribution in [2.24, 2.45) is 0 Å². The van der Waals surface area contributed by atoms with Gasteiger partial charge in [-0.1, -0.05) is 60.7 Å². The predicted molar refractivity (Wildman–Crippen MR) is 149 cm³/mol. The lowest BCUT2D eigenvalue weighted by Crippen LogP contribution is -2.06. The first kappa shape index (κ1) is 26.9. The summed E-state index contributed by atoms with van der Waals surface area (Å²) in [5.74, 6) is -3.11. The quantitative estimate of drug-likeness (QED) is 0.226. The number of carbonyl (C=O) groups is 3. The Morgan fingerprint density at radius 1 is 0.641 bits per heavy atom. The van der Waals surface area contributed by atoms with E-state index in [0.29, 0.717) is 5.56 Å². The molecule has 2 heterocycles. The van der Waals surface area contributed by atoms with Crippen LogP contribution in [0.5, 0.6) is 0 Å². The molecule has 39 heavy (non-hydrogen) atoms. The molecule has 0 fully saturated rings. The van der Waals surface area contributed by atoms with Crippen LogP contribution >= 0.6 is 0 Å². The SMILES string of the molecule is Cc1c(C(=O)O)cccc1C(=O)O.O=C(O)c1ccn2ccc(CCc3ccc(-c4ccccc4)cc3)c2c1. The Balaban J connectivity index is 0.000000229. The van der Waals surface area contributed by atoms with Crippen LogP contribution in [-0.2, 0) is 12.8 Å². The molecule has 2 aromatic heterocycles. The fourth-order valence-corrected chi connectivity index (χ4v) is 4.37. The molecule has 0 spiro atoms. The number of rotatable bonds is 7. The van der Waals surface area contributed by atoms with Gasteiger partial charge in [0.25, 0.3) is 0 Å². The molecule has 0 amide bonds. The molecule has 0 saturated heterocycles. The third-order valence-corrected chi connectivity index (χ3v) is 6.54. The second-order valence-electron chi connectivity index (χ2n) is 9.01. The van der Waals surface area contributed by atoms with Gasteiger partial charge in [0.15, 0.2) is 0 Å². The van der Waals surface area contributed by atoms with E-state index in [0.717, 1.165) is 18.4 Å². The lowest BCUT2D eigenvalue weighted by atomic mass is 10.0. The second kappa shape index (κ2) is 11.9. The summed E-state index contributed by atoms with van der Waals surface area (Å²) in [6, 6.07) is 28.6. The maximum Gasteiger partial charge on any atom is 0.335 e. The zero-order chi connectivity index (χ0) is 27.9. The summed E-state index contributed by atoms with van der Waals surface area (Å²) in [4.78, 5) is 32.4. The van der Waals surface area contributed by atoms with Gasteiger partial charge in [-0.2, -0.15) is 0 Å². The van der Waals surface area contributed by atoms with Gasteiger partial charge in [-0.3, -0.25) is 0 Å². The number of aromatic carboxylic acids is 3.